The van der Waals surface area contributed by atoms with Gasteiger partial charge in [-0.1, -0.05) is 12.1 Å². The number of nitrogens with zero attached hydrogens (tertiary/aromatic N) is 1. The molecule has 0 bridgehead atoms. The van der Waals surface area contributed by atoms with E-state index in [4.69, 9.17) is 0 Å². The van der Waals surface area contributed by atoms with Crippen LogP contribution in [0.3, 0.4) is 0 Å². The molecule has 2 aliphatic heterocycles. The van der Waals surface area contributed by atoms with Crippen LogP contribution in [0, 0.1) is 11.7 Å². The summed E-state index contributed by atoms with van der Waals surface area (Å²) in [5, 5.41) is 3.30. The molecule has 1 N–H and O–H groups in total. The van der Waals surface area contributed by atoms with Crippen LogP contribution >= 0.6 is 0 Å². The maximum absolute atomic E-state index is 13.9. The number of sulfonamides is 1. The van der Waals surface area contributed by atoms with Crippen molar-refractivity contribution in [3.63, 3.8) is 0 Å². The predicted octanol–water partition coefficient (Wildman–Crippen LogP) is 1.98. The lowest BCUT2D eigenvalue weighted by molar-refractivity contribution is 0.234. The maximum Gasteiger partial charge on any atom is 0.246 e. The third-order valence-electron chi connectivity index (χ3n) is 4.60. The number of hydrogen-bond donors (Lipinski definition) is 1. The first-order chi connectivity index (χ1) is 10.1. The van der Waals surface area contributed by atoms with Crippen molar-refractivity contribution in [3.05, 3.63) is 30.1 Å². The molecule has 1 atom stereocenters. The van der Waals surface area contributed by atoms with E-state index in [1.165, 1.54) is 18.2 Å². The zero-order valence-corrected chi connectivity index (χ0v) is 12.8. The van der Waals surface area contributed by atoms with Crippen molar-refractivity contribution in [2.45, 2.75) is 36.6 Å². The first kappa shape index (κ1) is 14.9. The summed E-state index contributed by atoms with van der Waals surface area (Å²) in [5.41, 5.74) is 0. The highest BCUT2D eigenvalue weighted by molar-refractivity contribution is 7.89. The summed E-state index contributed by atoms with van der Waals surface area (Å²) in [5.74, 6) is -0.274. The van der Waals surface area contributed by atoms with Crippen LogP contribution in [0.2, 0.25) is 0 Å². The summed E-state index contributed by atoms with van der Waals surface area (Å²) in [6, 6.07) is 5.69. The highest BCUT2D eigenvalue weighted by Crippen LogP contribution is 2.34. The van der Waals surface area contributed by atoms with E-state index in [1.54, 1.807) is 10.4 Å². The molecule has 1 aromatic rings. The molecule has 6 heteroatoms. The van der Waals surface area contributed by atoms with Crippen LogP contribution < -0.4 is 5.32 Å². The number of halogens is 1. The van der Waals surface area contributed by atoms with Crippen molar-refractivity contribution in [3.8, 4) is 0 Å². The van der Waals surface area contributed by atoms with Crippen molar-refractivity contribution in [2.24, 2.45) is 5.92 Å². The molecule has 3 rings (SSSR count). The van der Waals surface area contributed by atoms with Crippen LogP contribution in [0.4, 0.5) is 4.39 Å². The Morgan fingerprint density at radius 3 is 2.57 bits per heavy atom. The molecule has 0 aromatic heterocycles. The van der Waals surface area contributed by atoms with Gasteiger partial charge in [-0.15, -0.1) is 0 Å². The Kier molecular flexibility index (Phi) is 4.28. The topological polar surface area (TPSA) is 49.4 Å². The fourth-order valence-corrected chi connectivity index (χ4v) is 5.37. The first-order valence-electron chi connectivity index (χ1n) is 7.58. The lowest BCUT2D eigenvalue weighted by Gasteiger charge is -2.33. The van der Waals surface area contributed by atoms with Crippen molar-refractivity contribution in [2.75, 3.05) is 19.6 Å². The zero-order valence-electron chi connectivity index (χ0n) is 12.0. The summed E-state index contributed by atoms with van der Waals surface area (Å²) >= 11 is 0. The van der Waals surface area contributed by atoms with E-state index in [2.05, 4.69) is 5.32 Å². The summed E-state index contributed by atoms with van der Waals surface area (Å²) < 4.78 is 41.0. The maximum atomic E-state index is 13.9. The predicted molar refractivity (Wildman–Crippen MR) is 78.9 cm³/mol. The molecule has 0 radical (unpaired) electrons. The van der Waals surface area contributed by atoms with E-state index in [9.17, 15) is 12.8 Å². The molecule has 0 saturated carbocycles. The molecule has 2 heterocycles. The SMILES string of the molecule is O=S(=O)(c1ccccc1F)N1CCCC1C1CCNCC1. The molecule has 2 fully saturated rings. The molecular weight excluding hydrogens is 291 g/mol. The van der Waals surface area contributed by atoms with E-state index >= 15 is 0 Å². The molecule has 1 aromatic carbocycles. The Balaban J connectivity index is 1.89. The van der Waals surface area contributed by atoms with Gasteiger partial charge in [0.1, 0.15) is 10.7 Å². The van der Waals surface area contributed by atoms with Crippen molar-refractivity contribution < 1.29 is 12.8 Å². The third kappa shape index (κ3) is 2.84. The Bertz CT molecular complexity index is 599. The molecular formula is C15H21FN2O2S. The Labute approximate surface area is 125 Å². The van der Waals surface area contributed by atoms with Crippen LogP contribution in [0.5, 0.6) is 0 Å². The first-order valence-corrected chi connectivity index (χ1v) is 9.02. The zero-order chi connectivity index (χ0) is 14.9. The average molecular weight is 312 g/mol. The van der Waals surface area contributed by atoms with Crippen LogP contribution in [0.25, 0.3) is 0 Å². The van der Waals surface area contributed by atoms with Gasteiger partial charge in [-0.3, -0.25) is 0 Å². The lowest BCUT2D eigenvalue weighted by atomic mass is 9.89. The van der Waals surface area contributed by atoms with Gasteiger partial charge in [-0.2, -0.15) is 4.31 Å². The smallest absolute Gasteiger partial charge is 0.246 e. The number of hydrogen-bond acceptors (Lipinski definition) is 3. The Hall–Kier alpha value is -0.980. The second kappa shape index (κ2) is 6.02. The molecule has 1 unspecified atom stereocenters. The largest absolute Gasteiger partial charge is 0.317 e. The monoisotopic (exact) mass is 312 g/mol. The van der Waals surface area contributed by atoms with Gasteiger partial charge in [0.25, 0.3) is 0 Å². The fourth-order valence-electron chi connectivity index (χ4n) is 3.54. The van der Waals surface area contributed by atoms with Crippen LogP contribution in [0.15, 0.2) is 29.2 Å². The molecule has 116 valence electrons. The number of nitrogens with one attached hydrogen (secondary N) is 1. The van der Waals surface area contributed by atoms with Crippen molar-refractivity contribution in [1.82, 2.24) is 9.62 Å². The number of benzene rings is 1. The third-order valence-corrected chi connectivity index (χ3v) is 6.56. The van der Waals surface area contributed by atoms with Crippen molar-refractivity contribution >= 4 is 10.0 Å². The Morgan fingerprint density at radius 2 is 1.86 bits per heavy atom. The second-order valence-electron chi connectivity index (χ2n) is 5.84. The average Bonchev–Trinajstić information content (AvgIpc) is 2.99. The van der Waals surface area contributed by atoms with Crippen LogP contribution in [-0.4, -0.2) is 38.4 Å². The van der Waals surface area contributed by atoms with Gasteiger partial charge < -0.3 is 5.32 Å². The van der Waals surface area contributed by atoms with Crippen LogP contribution in [-0.2, 0) is 10.0 Å². The molecule has 0 aliphatic carbocycles. The van der Waals surface area contributed by atoms with Gasteiger partial charge in [0.05, 0.1) is 0 Å². The molecule has 2 aliphatic rings. The van der Waals surface area contributed by atoms with Crippen LogP contribution in [0.1, 0.15) is 25.7 Å². The van der Waals surface area contributed by atoms with Gasteiger partial charge >= 0.3 is 0 Å². The summed E-state index contributed by atoms with van der Waals surface area (Å²) in [6.45, 7) is 2.38. The van der Waals surface area contributed by atoms with Gasteiger partial charge in [-0.25, -0.2) is 12.8 Å². The molecule has 4 nitrogen and oxygen atoms in total. The minimum Gasteiger partial charge on any atom is -0.317 e. The van der Waals surface area contributed by atoms with E-state index in [0.717, 1.165) is 38.8 Å². The molecule has 0 amide bonds. The normalized spacial score (nSPS) is 25.3. The summed E-state index contributed by atoms with van der Waals surface area (Å²) in [6.07, 6.45) is 3.74. The summed E-state index contributed by atoms with van der Waals surface area (Å²) in [4.78, 5) is -0.189. The Morgan fingerprint density at radius 1 is 1.14 bits per heavy atom. The highest BCUT2D eigenvalue weighted by Gasteiger charge is 2.40. The lowest BCUT2D eigenvalue weighted by Crippen LogP contribution is -2.43. The highest BCUT2D eigenvalue weighted by atomic mass is 32.2. The second-order valence-corrected chi connectivity index (χ2v) is 7.70. The van der Waals surface area contributed by atoms with E-state index in [-0.39, 0.29) is 10.9 Å². The molecule has 2 saturated heterocycles. The minimum absolute atomic E-state index is 0.0247. The van der Waals surface area contributed by atoms with E-state index < -0.39 is 15.8 Å². The molecule has 21 heavy (non-hydrogen) atoms. The number of rotatable bonds is 3. The minimum atomic E-state index is -3.73. The van der Waals surface area contributed by atoms with Gasteiger partial charge in [-0.05, 0) is 56.8 Å². The van der Waals surface area contributed by atoms with Crippen molar-refractivity contribution in [1.29, 1.82) is 0 Å². The standard InChI is InChI=1S/C15H21FN2O2S/c16-13-4-1-2-6-15(13)21(19,20)18-11-3-5-14(18)12-7-9-17-10-8-12/h1-2,4,6,12,14,17H,3,5,7-11H2. The number of piperidine rings is 1. The van der Waals surface area contributed by atoms with Gasteiger partial charge in [0, 0.05) is 12.6 Å². The van der Waals surface area contributed by atoms with Gasteiger partial charge in [0.2, 0.25) is 10.0 Å². The van der Waals surface area contributed by atoms with E-state index in [1.807, 2.05) is 0 Å². The summed E-state index contributed by atoms with van der Waals surface area (Å²) in [7, 11) is -3.73. The van der Waals surface area contributed by atoms with E-state index in [0.29, 0.717) is 12.5 Å². The van der Waals surface area contributed by atoms with Gasteiger partial charge in [0.15, 0.2) is 0 Å². The fraction of sp³-hybridized carbons (Fsp3) is 0.600. The molecule has 0 spiro atoms. The quantitative estimate of drug-likeness (QED) is 0.928.